The summed E-state index contributed by atoms with van der Waals surface area (Å²) in [6, 6.07) is 4.85. The van der Waals surface area contributed by atoms with E-state index in [4.69, 9.17) is 9.84 Å². The predicted octanol–water partition coefficient (Wildman–Crippen LogP) is -1.57. The number of ether oxygens (including phenoxy) is 1. The topological polar surface area (TPSA) is 123 Å². The molecule has 8 heteroatoms. The zero-order valence-corrected chi connectivity index (χ0v) is 9.04. The van der Waals surface area contributed by atoms with Gasteiger partial charge in [0.25, 0.3) is 0 Å². The molecule has 0 spiro atoms. The highest BCUT2D eigenvalue weighted by molar-refractivity contribution is 7.89. The number of sulfonamides is 1. The monoisotopic (exact) mass is 248 g/mol. The smallest absolute Gasteiger partial charge is 0.238 e. The highest BCUT2D eigenvalue weighted by Crippen LogP contribution is 2.06. The number of aromatic nitrogens is 1. The van der Waals surface area contributed by atoms with E-state index in [1.165, 1.54) is 12.3 Å². The summed E-state index contributed by atoms with van der Waals surface area (Å²) < 4.78 is 26.3. The van der Waals surface area contributed by atoms with Crippen molar-refractivity contribution in [3.8, 4) is 5.88 Å². The lowest BCUT2D eigenvalue weighted by Gasteiger charge is -2.15. The number of hydrogen-bond donors (Lipinski definition) is 3. The number of nitrogens with zero attached hydrogens (tertiary/aromatic N) is 1. The van der Waals surface area contributed by atoms with Crippen LogP contribution in [0.3, 0.4) is 0 Å². The summed E-state index contributed by atoms with van der Waals surface area (Å²) in [7, 11) is -4.20. The summed E-state index contributed by atoms with van der Waals surface area (Å²) in [4.78, 5) is 3.78. The summed E-state index contributed by atoms with van der Waals surface area (Å²) in [6.07, 6.45) is -0.158. The van der Waals surface area contributed by atoms with E-state index in [-0.39, 0.29) is 5.88 Å². The molecule has 0 amide bonds. The summed E-state index contributed by atoms with van der Waals surface area (Å²) >= 11 is 0. The van der Waals surface area contributed by atoms with Gasteiger partial charge >= 0.3 is 0 Å². The zero-order chi connectivity index (χ0) is 12.2. The van der Waals surface area contributed by atoms with E-state index in [1.807, 2.05) is 0 Å². The maximum Gasteiger partial charge on any atom is 0.238 e. The van der Waals surface area contributed by atoms with Gasteiger partial charge in [0.15, 0.2) is 5.44 Å². The van der Waals surface area contributed by atoms with Crippen LogP contribution in [-0.2, 0) is 10.0 Å². The molecular weight excluding hydrogens is 236 g/mol. The van der Waals surface area contributed by atoms with Gasteiger partial charge in [0.2, 0.25) is 15.9 Å². The largest absolute Gasteiger partial charge is 0.475 e. The second-order valence-electron chi connectivity index (χ2n) is 3.03. The lowest BCUT2D eigenvalue weighted by atomic mass is 10.4. The Morgan fingerprint density at radius 3 is 2.62 bits per heavy atom. The molecule has 0 fully saturated rings. The molecule has 0 aliphatic carbocycles. The molecule has 0 bridgehead atoms. The fraction of sp³-hybridized carbons (Fsp3) is 0.375. The van der Waals surface area contributed by atoms with Crippen LogP contribution in [0.25, 0.3) is 0 Å². The Bertz CT molecular complexity index is 421. The third-order valence-electron chi connectivity index (χ3n) is 1.71. The molecule has 16 heavy (non-hydrogen) atoms. The number of aliphatic hydroxyl groups is 2. The first-order valence-electron chi connectivity index (χ1n) is 4.33. The first-order chi connectivity index (χ1) is 7.41. The predicted molar refractivity (Wildman–Crippen MR) is 54.9 cm³/mol. The van der Waals surface area contributed by atoms with Gasteiger partial charge < -0.3 is 14.9 Å². The maximum atomic E-state index is 10.7. The quantitative estimate of drug-likeness (QED) is 0.578. The van der Waals surface area contributed by atoms with Crippen molar-refractivity contribution >= 4 is 10.0 Å². The van der Waals surface area contributed by atoms with Crippen LogP contribution >= 0.6 is 0 Å². The van der Waals surface area contributed by atoms with Crippen LogP contribution in [0, 0.1) is 0 Å². The molecule has 1 rings (SSSR count). The molecule has 2 unspecified atom stereocenters. The van der Waals surface area contributed by atoms with Gasteiger partial charge in [-0.05, 0) is 6.07 Å². The number of aliphatic hydroxyl groups excluding tert-OH is 2. The van der Waals surface area contributed by atoms with Crippen LogP contribution in [0.5, 0.6) is 5.88 Å². The Morgan fingerprint density at radius 2 is 2.12 bits per heavy atom. The van der Waals surface area contributed by atoms with E-state index in [0.717, 1.165) is 0 Å². The van der Waals surface area contributed by atoms with Crippen LogP contribution < -0.4 is 9.88 Å². The van der Waals surface area contributed by atoms with Gasteiger partial charge in [-0.15, -0.1) is 0 Å². The summed E-state index contributed by atoms with van der Waals surface area (Å²) in [5.41, 5.74) is -2.07. The number of rotatable bonds is 5. The average molecular weight is 248 g/mol. The van der Waals surface area contributed by atoms with Gasteiger partial charge in [0.1, 0.15) is 12.7 Å². The molecule has 1 heterocycles. The Labute approximate surface area is 92.5 Å². The Kier molecular flexibility index (Phi) is 4.19. The van der Waals surface area contributed by atoms with E-state index in [0.29, 0.717) is 0 Å². The standard InChI is InChI=1S/C8H12N2O5S/c9-16(13,14)8(12)6(11)5-15-7-3-1-2-4-10-7/h1-4,6,8,11-12H,5H2,(H2,9,13,14). The minimum Gasteiger partial charge on any atom is -0.475 e. The molecular formula is C8H12N2O5S. The van der Waals surface area contributed by atoms with Crippen LogP contribution in [0.15, 0.2) is 24.4 Å². The Balaban J connectivity index is 2.51. The molecule has 0 radical (unpaired) electrons. The molecule has 7 nitrogen and oxygen atoms in total. The molecule has 0 aromatic carbocycles. The van der Waals surface area contributed by atoms with E-state index < -0.39 is 28.2 Å². The Morgan fingerprint density at radius 1 is 1.44 bits per heavy atom. The first-order valence-corrected chi connectivity index (χ1v) is 5.94. The second-order valence-corrected chi connectivity index (χ2v) is 4.69. The van der Waals surface area contributed by atoms with Gasteiger partial charge in [-0.2, -0.15) is 0 Å². The minimum atomic E-state index is -4.20. The fourth-order valence-corrected chi connectivity index (χ4v) is 1.42. The van der Waals surface area contributed by atoms with Crippen molar-refractivity contribution in [1.82, 2.24) is 4.98 Å². The highest BCUT2D eigenvalue weighted by Gasteiger charge is 2.27. The van der Waals surface area contributed by atoms with E-state index >= 15 is 0 Å². The first kappa shape index (κ1) is 12.8. The number of hydrogen-bond acceptors (Lipinski definition) is 6. The van der Waals surface area contributed by atoms with Crippen molar-refractivity contribution in [2.75, 3.05) is 6.61 Å². The third kappa shape index (κ3) is 3.74. The van der Waals surface area contributed by atoms with Crippen LogP contribution in [0.2, 0.25) is 0 Å². The molecule has 2 atom stereocenters. The molecule has 1 aromatic rings. The van der Waals surface area contributed by atoms with Gasteiger partial charge in [-0.25, -0.2) is 18.5 Å². The summed E-state index contributed by atoms with van der Waals surface area (Å²) in [6.45, 7) is -0.422. The van der Waals surface area contributed by atoms with Crippen molar-refractivity contribution in [3.05, 3.63) is 24.4 Å². The van der Waals surface area contributed by atoms with Crippen LogP contribution in [0.4, 0.5) is 0 Å². The molecule has 0 aliphatic heterocycles. The molecule has 4 N–H and O–H groups in total. The lowest BCUT2D eigenvalue weighted by molar-refractivity contribution is 0.0305. The second kappa shape index (κ2) is 5.21. The number of pyridine rings is 1. The van der Waals surface area contributed by atoms with Crippen molar-refractivity contribution in [2.24, 2.45) is 5.14 Å². The summed E-state index contributed by atoms with van der Waals surface area (Å²) in [5, 5.41) is 23.0. The zero-order valence-electron chi connectivity index (χ0n) is 8.22. The maximum absolute atomic E-state index is 10.7. The van der Waals surface area contributed by atoms with Crippen LogP contribution in [-0.4, -0.2) is 41.8 Å². The van der Waals surface area contributed by atoms with Crippen molar-refractivity contribution in [3.63, 3.8) is 0 Å². The van der Waals surface area contributed by atoms with Crippen molar-refractivity contribution in [1.29, 1.82) is 0 Å². The van der Waals surface area contributed by atoms with Gasteiger partial charge in [0.05, 0.1) is 0 Å². The molecule has 0 saturated heterocycles. The number of primary sulfonamides is 1. The Hall–Kier alpha value is -1.22. The van der Waals surface area contributed by atoms with Crippen molar-refractivity contribution in [2.45, 2.75) is 11.5 Å². The van der Waals surface area contributed by atoms with E-state index in [9.17, 15) is 13.5 Å². The average Bonchev–Trinajstić information content (AvgIpc) is 2.25. The van der Waals surface area contributed by atoms with Gasteiger partial charge in [-0.1, -0.05) is 6.07 Å². The molecule has 1 aromatic heterocycles. The molecule has 0 aliphatic rings. The highest BCUT2D eigenvalue weighted by atomic mass is 32.2. The minimum absolute atomic E-state index is 0.211. The van der Waals surface area contributed by atoms with Crippen molar-refractivity contribution < 1.29 is 23.4 Å². The normalized spacial score (nSPS) is 15.4. The molecule has 0 saturated carbocycles. The van der Waals surface area contributed by atoms with E-state index in [1.54, 1.807) is 12.1 Å². The fourth-order valence-electron chi connectivity index (χ4n) is 0.904. The van der Waals surface area contributed by atoms with Gasteiger partial charge in [-0.3, -0.25) is 0 Å². The molecule has 90 valence electrons. The number of nitrogens with two attached hydrogens (primary N) is 1. The SMILES string of the molecule is NS(=O)(=O)C(O)C(O)COc1ccccn1. The summed E-state index contributed by atoms with van der Waals surface area (Å²) in [5.74, 6) is 0.211. The third-order valence-corrected chi connectivity index (χ3v) is 2.69. The lowest BCUT2D eigenvalue weighted by Crippen LogP contribution is -2.41. The van der Waals surface area contributed by atoms with Gasteiger partial charge in [0, 0.05) is 12.3 Å². The van der Waals surface area contributed by atoms with E-state index in [2.05, 4.69) is 10.1 Å². The van der Waals surface area contributed by atoms with Crippen LogP contribution in [0.1, 0.15) is 0 Å².